The normalized spacial score (nSPS) is 13.4. The summed E-state index contributed by atoms with van der Waals surface area (Å²) in [5, 5.41) is 8.70. The molecule has 0 heterocycles. The van der Waals surface area contributed by atoms with Crippen LogP contribution in [-0.2, 0) is 6.18 Å². The number of halogens is 3. The van der Waals surface area contributed by atoms with Crippen LogP contribution in [0.2, 0.25) is 0 Å². The molecular formula is C12H16F3NO2. The molecular weight excluding hydrogens is 247 g/mol. The van der Waals surface area contributed by atoms with Crippen LogP contribution >= 0.6 is 0 Å². The lowest BCUT2D eigenvalue weighted by molar-refractivity contribution is -0.137. The fourth-order valence-electron chi connectivity index (χ4n) is 1.66. The second-order valence-electron chi connectivity index (χ2n) is 3.93. The number of benzene rings is 1. The van der Waals surface area contributed by atoms with Crippen LogP contribution in [0.4, 0.5) is 13.2 Å². The zero-order chi connectivity index (χ0) is 13.8. The number of nitrogens with two attached hydrogens (primary N) is 1. The molecule has 0 aliphatic heterocycles. The Morgan fingerprint density at radius 2 is 2.06 bits per heavy atom. The molecule has 0 aromatic heterocycles. The van der Waals surface area contributed by atoms with Crippen molar-refractivity contribution in [3.8, 4) is 5.75 Å². The number of alkyl halides is 3. The third-order valence-corrected chi connectivity index (χ3v) is 2.63. The summed E-state index contributed by atoms with van der Waals surface area (Å²) in [6.45, 7) is -0.00332. The van der Waals surface area contributed by atoms with Gasteiger partial charge in [0.25, 0.3) is 0 Å². The van der Waals surface area contributed by atoms with Crippen molar-refractivity contribution in [2.75, 3.05) is 13.7 Å². The van der Waals surface area contributed by atoms with Crippen LogP contribution in [0.1, 0.15) is 30.0 Å². The topological polar surface area (TPSA) is 55.5 Å². The van der Waals surface area contributed by atoms with E-state index in [0.717, 1.165) is 12.1 Å². The van der Waals surface area contributed by atoms with E-state index in [1.54, 1.807) is 0 Å². The van der Waals surface area contributed by atoms with Gasteiger partial charge in [0, 0.05) is 18.2 Å². The first-order chi connectivity index (χ1) is 8.40. The molecule has 0 bridgehead atoms. The molecule has 0 fully saturated rings. The molecule has 0 radical (unpaired) electrons. The van der Waals surface area contributed by atoms with Crippen molar-refractivity contribution < 1.29 is 23.0 Å². The molecule has 0 aliphatic rings. The first-order valence-electron chi connectivity index (χ1n) is 5.51. The molecule has 0 aliphatic carbocycles. The third kappa shape index (κ3) is 3.61. The lowest BCUT2D eigenvalue weighted by Crippen LogP contribution is -2.13. The van der Waals surface area contributed by atoms with Gasteiger partial charge in [-0.15, -0.1) is 0 Å². The van der Waals surface area contributed by atoms with Crippen molar-refractivity contribution in [1.82, 2.24) is 0 Å². The minimum absolute atomic E-state index is 0.00332. The summed E-state index contributed by atoms with van der Waals surface area (Å²) in [6, 6.07) is 2.79. The van der Waals surface area contributed by atoms with Crippen LogP contribution in [0.5, 0.6) is 5.75 Å². The smallest absolute Gasteiger partial charge is 0.416 e. The van der Waals surface area contributed by atoms with Crippen LogP contribution in [-0.4, -0.2) is 18.8 Å². The van der Waals surface area contributed by atoms with Gasteiger partial charge in [0.2, 0.25) is 0 Å². The van der Waals surface area contributed by atoms with Gasteiger partial charge >= 0.3 is 6.18 Å². The number of hydrogen-bond acceptors (Lipinski definition) is 3. The first kappa shape index (κ1) is 14.8. The highest BCUT2D eigenvalue weighted by Gasteiger charge is 2.31. The van der Waals surface area contributed by atoms with Crippen LogP contribution in [0.15, 0.2) is 18.2 Å². The fraction of sp³-hybridized carbons (Fsp3) is 0.500. The molecule has 1 atom stereocenters. The first-order valence-corrected chi connectivity index (χ1v) is 5.51. The highest BCUT2D eigenvalue weighted by molar-refractivity contribution is 5.40. The molecule has 18 heavy (non-hydrogen) atoms. The molecule has 1 aromatic rings. The summed E-state index contributed by atoms with van der Waals surface area (Å²) in [6.07, 6.45) is -3.43. The molecule has 6 heteroatoms. The van der Waals surface area contributed by atoms with Gasteiger partial charge in [-0.1, -0.05) is 6.07 Å². The minimum atomic E-state index is -4.40. The number of aliphatic hydroxyl groups is 1. The van der Waals surface area contributed by atoms with E-state index in [4.69, 9.17) is 15.6 Å². The van der Waals surface area contributed by atoms with Crippen molar-refractivity contribution >= 4 is 0 Å². The Hall–Kier alpha value is -1.27. The SMILES string of the molecule is COc1cc(C(F)(F)F)ccc1[C@H](N)CCCO. The molecule has 1 rings (SSSR count). The zero-order valence-corrected chi connectivity index (χ0v) is 10.00. The van der Waals surface area contributed by atoms with Crippen molar-refractivity contribution in [2.45, 2.75) is 25.1 Å². The number of rotatable bonds is 5. The van der Waals surface area contributed by atoms with E-state index in [0.29, 0.717) is 18.4 Å². The van der Waals surface area contributed by atoms with Crippen LogP contribution < -0.4 is 10.5 Å². The summed E-state index contributed by atoms with van der Waals surface area (Å²) in [4.78, 5) is 0. The van der Waals surface area contributed by atoms with Gasteiger partial charge in [-0.3, -0.25) is 0 Å². The highest BCUT2D eigenvalue weighted by Crippen LogP contribution is 2.35. The Kier molecular flexibility index (Phi) is 4.98. The van der Waals surface area contributed by atoms with E-state index in [1.165, 1.54) is 13.2 Å². The Balaban J connectivity index is 3.00. The maximum absolute atomic E-state index is 12.5. The van der Waals surface area contributed by atoms with Gasteiger partial charge in [-0.2, -0.15) is 13.2 Å². The van der Waals surface area contributed by atoms with Gasteiger partial charge in [-0.25, -0.2) is 0 Å². The number of aliphatic hydroxyl groups excluding tert-OH is 1. The van der Waals surface area contributed by atoms with E-state index in [2.05, 4.69) is 0 Å². The quantitative estimate of drug-likeness (QED) is 0.858. The summed E-state index contributed by atoms with van der Waals surface area (Å²) in [7, 11) is 1.30. The lowest BCUT2D eigenvalue weighted by atomic mass is 10.00. The lowest BCUT2D eigenvalue weighted by Gasteiger charge is -2.17. The molecule has 0 spiro atoms. The number of ether oxygens (including phenoxy) is 1. The molecule has 0 saturated heterocycles. The van der Waals surface area contributed by atoms with Crippen molar-refractivity contribution in [1.29, 1.82) is 0 Å². The predicted molar refractivity (Wildman–Crippen MR) is 61.2 cm³/mol. The largest absolute Gasteiger partial charge is 0.496 e. The van der Waals surface area contributed by atoms with Gasteiger partial charge in [-0.05, 0) is 25.0 Å². The van der Waals surface area contributed by atoms with Gasteiger partial charge < -0.3 is 15.6 Å². The number of methoxy groups -OCH3 is 1. The van der Waals surface area contributed by atoms with Crippen LogP contribution in [0.25, 0.3) is 0 Å². The molecule has 3 N–H and O–H groups in total. The zero-order valence-electron chi connectivity index (χ0n) is 10.00. The monoisotopic (exact) mass is 263 g/mol. The second kappa shape index (κ2) is 6.06. The van der Waals surface area contributed by atoms with E-state index >= 15 is 0 Å². The summed E-state index contributed by atoms with van der Waals surface area (Å²) in [5.74, 6) is 0.121. The van der Waals surface area contributed by atoms with Gasteiger partial charge in [0.05, 0.1) is 12.7 Å². The Morgan fingerprint density at radius 3 is 2.56 bits per heavy atom. The van der Waals surface area contributed by atoms with Gasteiger partial charge in [0.1, 0.15) is 5.75 Å². The summed E-state index contributed by atoms with van der Waals surface area (Å²) >= 11 is 0. The van der Waals surface area contributed by atoms with Crippen molar-refractivity contribution in [3.63, 3.8) is 0 Å². The van der Waals surface area contributed by atoms with Gasteiger partial charge in [0.15, 0.2) is 0 Å². The molecule has 0 amide bonds. The average Bonchev–Trinajstić information content (AvgIpc) is 2.34. The Morgan fingerprint density at radius 1 is 1.39 bits per heavy atom. The summed E-state index contributed by atoms with van der Waals surface area (Å²) in [5.41, 5.74) is 5.59. The van der Waals surface area contributed by atoms with Crippen LogP contribution in [0.3, 0.4) is 0 Å². The number of hydrogen-bond donors (Lipinski definition) is 2. The highest BCUT2D eigenvalue weighted by atomic mass is 19.4. The standard InChI is InChI=1S/C12H16F3NO2/c1-18-11-7-8(12(13,14)15)4-5-9(11)10(16)3-2-6-17/h4-5,7,10,17H,2-3,6,16H2,1H3/t10-/m1/s1. The molecule has 102 valence electrons. The minimum Gasteiger partial charge on any atom is -0.496 e. The maximum Gasteiger partial charge on any atom is 0.416 e. The van der Waals surface area contributed by atoms with E-state index in [-0.39, 0.29) is 12.4 Å². The Bertz CT molecular complexity index is 393. The predicted octanol–water partition coefficient (Wildman–Crippen LogP) is 2.49. The Labute approximate surface area is 103 Å². The molecule has 3 nitrogen and oxygen atoms in total. The molecule has 0 unspecified atom stereocenters. The fourth-order valence-corrected chi connectivity index (χ4v) is 1.66. The summed E-state index contributed by atoms with van der Waals surface area (Å²) < 4.78 is 42.5. The van der Waals surface area contributed by atoms with Crippen molar-refractivity contribution in [2.24, 2.45) is 5.73 Å². The van der Waals surface area contributed by atoms with E-state index in [9.17, 15) is 13.2 Å². The molecule has 1 aromatic carbocycles. The van der Waals surface area contributed by atoms with Crippen LogP contribution in [0, 0.1) is 0 Å². The van der Waals surface area contributed by atoms with E-state index < -0.39 is 17.8 Å². The second-order valence-corrected chi connectivity index (χ2v) is 3.93. The average molecular weight is 263 g/mol. The maximum atomic E-state index is 12.5. The van der Waals surface area contributed by atoms with E-state index in [1.807, 2.05) is 0 Å². The molecule has 0 saturated carbocycles. The van der Waals surface area contributed by atoms with Crippen molar-refractivity contribution in [3.05, 3.63) is 29.3 Å². The third-order valence-electron chi connectivity index (χ3n) is 2.63.